The van der Waals surface area contributed by atoms with Gasteiger partial charge < -0.3 is 14.5 Å². The smallest absolute Gasteiger partial charge is 0.336 e. The van der Waals surface area contributed by atoms with E-state index in [1.54, 1.807) is 37.4 Å². The minimum absolute atomic E-state index is 0.254. The van der Waals surface area contributed by atoms with Crippen LogP contribution in [0.5, 0.6) is 5.75 Å². The molecule has 0 bridgehead atoms. The molecule has 2 heterocycles. The summed E-state index contributed by atoms with van der Waals surface area (Å²) in [5.74, 6) is 0.201. The summed E-state index contributed by atoms with van der Waals surface area (Å²) in [6, 6.07) is 13.6. The molecule has 0 fully saturated rings. The van der Waals surface area contributed by atoms with E-state index in [2.05, 4.69) is 10.3 Å². The normalized spacial score (nSPS) is 11.9. The molecule has 6 heteroatoms. The zero-order valence-corrected chi connectivity index (χ0v) is 13.1. The molecule has 1 atom stereocenters. The summed E-state index contributed by atoms with van der Waals surface area (Å²) in [4.78, 5) is 27.5. The van der Waals surface area contributed by atoms with Crippen LogP contribution in [-0.2, 0) is 11.3 Å². The zero-order valence-electron chi connectivity index (χ0n) is 13.1. The van der Waals surface area contributed by atoms with Crippen molar-refractivity contribution in [3.05, 3.63) is 70.8 Å². The number of aromatic nitrogens is 1. The summed E-state index contributed by atoms with van der Waals surface area (Å²) in [5, 5.41) is 3.55. The highest BCUT2D eigenvalue weighted by atomic mass is 16.5. The number of fused-ring (bicyclic) bond motifs is 1. The quantitative estimate of drug-likeness (QED) is 0.728. The molecule has 0 spiro atoms. The third-order valence-electron chi connectivity index (χ3n) is 3.45. The fourth-order valence-corrected chi connectivity index (χ4v) is 2.20. The second-order valence-electron chi connectivity index (χ2n) is 5.25. The van der Waals surface area contributed by atoms with Crippen LogP contribution in [0.4, 0.5) is 0 Å². The monoisotopic (exact) mass is 324 g/mol. The summed E-state index contributed by atoms with van der Waals surface area (Å²) in [6.45, 7) is 1.99. The number of nitrogens with one attached hydrogen (secondary N) is 1. The van der Waals surface area contributed by atoms with E-state index in [4.69, 9.17) is 9.15 Å². The summed E-state index contributed by atoms with van der Waals surface area (Å²) in [5.41, 5.74) is 0.757. The molecule has 1 amide bonds. The maximum absolute atomic E-state index is 12.1. The van der Waals surface area contributed by atoms with E-state index in [9.17, 15) is 9.59 Å². The minimum Gasteiger partial charge on any atom is -0.481 e. The molecular formula is C18H16N2O4. The predicted octanol–water partition coefficient (Wildman–Crippen LogP) is 2.27. The van der Waals surface area contributed by atoms with Crippen molar-refractivity contribution < 1.29 is 13.9 Å². The number of carbonyl (C=O) groups is 1. The van der Waals surface area contributed by atoms with Crippen LogP contribution in [0, 0.1) is 0 Å². The van der Waals surface area contributed by atoms with E-state index in [0.717, 1.165) is 11.1 Å². The van der Waals surface area contributed by atoms with E-state index in [0.29, 0.717) is 17.9 Å². The lowest BCUT2D eigenvalue weighted by Gasteiger charge is -2.14. The van der Waals surface area contributed by atoms with Crippen LogP contribution < -0.4 is 15.7 Å². The third kappa shape index (κ3) is 3.78. The summed E-state index contributed by atoms with van der Waals surface area (Å²) < 4.78 is 10.7. The molecule has 2 aromatic heterocycles. The Morgan fingerprint density at radius 2 is 2.08 bits per heavy atom. The Balaban J connectivity index is 1.64. The topological polar surface area (TPSA) is 81.4 Å². The Morgan fingerprint density at radius 3 is 2.88 bits per heavy atom. The Morgan fingerprint density at radius 1 is 1.25 bits per heavy atom. The van der Waals surface area contributed by atoms with Gasteiger partial charge in [0.15, 0.2) is 6.10 Å². The number of rotatable bonds is 5. The predicted molar refractivity (Wildman–Crippen MR) is 88.7 cm³/mol. The maximum Gasteiger partial charge on any atom is 0.336 e. The van der Waals surface area contributed by atoms with Gasteiger partial charge in [0.2, 0.25) is 0 Å². The molecule has 0 aliphatic heterocycles. The number of ether oxygens (including phenoxy) is 1. The van der Waals surface area contributed by atoms with Crippen molar-refractivity contribution in [1.82, 2.24) is 10.3 Å². The minimum atomic E-state index is -0.693. The molecule has 1 aromatic carbocycles. The molecule has 3 aromatic rings. The van der Waals surface area contributed by atoms with Crippen molar-refractivity contribution in [3.8, 4) is 5.75 Å². The van der Waals surface area contributed by atoms with Gasteiger partial charge in [-0.1, -0.05) is 6.07 Å². The van der Waals surface area contributed by atoms with Crippen molar-refractivity contribution in [2.75, 3.05) is 0 Å². The maximum atomic E-state index is 12.1. The average Bonchev–Trinajstić information content (AvgIpc) is 2.60. The van der Waals surface area contributed by atoms with Crippen LogP contribution in [0.25, 0.3) is 11.0 Å². The molecule has 1 N–H and O–H groups in total. The van der Waals surface area contributed by atoms with E-state index in [1.807, 2.05) is 18.2 Å². The van der Waals surface area contributed by atoms with Gasteiger partial charge >= 0.3 is 5.63 Å². The first-order valence-corrected chi connectivity index (χ1v) is 7.50. The molecule has 0 saturated heterocycles. The second-order valence-corrected chi connectivity index (χ2v) is 5.25. The standard InChI is InChI=1S/C18H16N2O4/c1-12(18(22)20-11-14-4-2-3-9-19-14)23-15-7-5-13-6-8-17(21)24-16(13)10-15/h2-10,12H,11H2,1H3,(H,20,22)/t12-/m0/s1. The van der Waals surface area contributed by atoms with E-state index in [-0.39, 0.29) is 5.91 Å². The largest absolute Gasteiger partial charge is 0.481 e. The fourth-order valence-electron chi connectivity index (χ4n) is 2.20. The van der Waals surface area contributed by atoms with Gasteiger partial charge in [0.1, 0.15) is 11.3 Å². The van der Waals surface area contributed by atoms with Crippen LogP contribution in [0.2, 0.25) is 0 Å². The average molecular weight is 324 g/mol. The Bertz CT molecular complexity index is 906. The summed E-state index contributed by atoms with van der Waals surface area (Å²) in [6.07, 6.45) is 0.978. The number of pyridine rings is 1. The molecule has 6 nitrogen and oxygen atoms in total. The van der Waals surface area contributed by atoms with Crippen LogP contribution in [0.15, 0.2) is 63.9 Å². The van der Waals surface area contributed by atoms with Gasteiger partial charge in [-0.25, -0.2) is 4.79 Å². The molecule has 24 heavy (non-hydrogen) atoms. The lowest BCUT2D eigenvalue weighted by molar-refractivity contribution is -0.127. The highest BCUT2D eigenvalue weighted by Crippen LogP contribution is 2.20. The van der Waals surface area contributed by atoms with Crippen molar-refractivity contribution in [1.29, 1.82) is 0 Å². The molecule has 0 aliphatic carbocycles. The molecule has 3 rings (SSSR count). The second kappa shape index (κ2) is 6.95. The molecule has 0 radical (unpaired) electrons. The molecule has 0 aliphatic rings. The van der Waals surface area contributed by atoms with Gasteiger partial charge in [0.05, 0.1) is 12.2 Å². The number of hydrogen-bond acceptors (Lipinski definition) is 5. The highest BCUT2D eigenvalue weighted by Gasteiger charge is 2.15. The van der Waals surface area contributed by atoms with Crippen molar-refractivity contribution in [3.63, 3.8) is 0 Å². The Labute approximate surface area is 138 Å². The number of carbonyl (C=O) groups excluding carboxylic acids is 1. The van der Waals surface area contributed by atoms with Crippen LogP contribution in [0.1, 0.15) is 12.6 Å². The van der Waals surface area contributed by atoms with Gasteiger partial charge in [-0.3, -0.25) is 9.78 Å². The lowest BCUT2D eigenvalue weighted by Crippen LogP contribution is -2.36. The van der Waals surface area contributed by atoms with Gasteiger partial charge in [-0.15, -0.1) is 0 Å². The molecule has 122 valence electrons. The van der Waals surface area contributed by atoms with E-state index in [1.165, 1.54) is 6.07 Å². The first-order valence-electron chi connectivity index (χ1n) is 7.50. The first kappa shape index (κ1) is 15.7. The van der Waals surface area contributed by atoms with E-state index >= 15 is 0 Å². The first-order chi connectivity index (χ1) is 11.6. The van der Waals surface area contributed by atoms with Crippen molar-refractivity contribution in [2.24, 2.45) is 0 Å². The van der Waals surface area contributed by atoms with Crippen LogP contribution >= 0.6 is 0 Å². The highest BCUT2D eigenvalue weighted by molar-refractivity contribution is 5.81. The molecular weight excluding hydrogens is 308 g/mol. The molecule has 0 saturated carbocycles. The number of nitrogens with zero attached hydrogens (tertiary/aromatic N) is 1. The zero-order chi connectivity index (χ0) is 16.9. The van der Waals surface area contributed by atoms with Gasteiger partial charge in [-0.05, 0) is 37.3 Å². The number of hydrogen-bond donors (Lipinski definition) is 1. The Hall–Kier alpha value is -3.15. The van der Waals surface area contributed by atoms with Crippen LogP contribution in [-0.4, -0.2) is 17.0 Å². The summed E-state index contributed by atoms with van der Waals surface area (Å²) in [7, 11) is 0. The SMILES string of the molecule is C[C@H](Oc1ccc2ccc(=O)oc2c1)C(=O)NCc1ccccn1. The lowest BCUT2D eigenvalue weighted by atomic mass is 10.2. The number of benzene rings is 1. The van der Waals surface area contributed by atoms with Crippen LogP contribution in [0.3, 0.4) is 0 Å². The fraction of sp³-hybridized carbons (Fsp3) is 0.167. The van der Waals surface area contributed by atoms with Crippen molar-refractivity contribution in [2.45, 2.75) is 19.6 Å². The van der Waals surface area contributed by atoms with Gasteiger partial charge in [0, 0.05) is 23.7 Å². The third-order valence-corrected chi connectivity index (χ3v) is 3.45. The Kier molecular flexibility index (Phi) is 4.56. The molecule has 0 unspecified atom stereocenters. The van der Waals surface area contributed by atoms with Gasteiger partial charge in [-0.2, -0.15) is 0 Å². The number of amides is 1. The van der Waals surface area contributed by atoms with Gasteiger partial charge in [0.25, 0.3) is 5.91 Å². The van der Waals surface area contributed by atoms with E-state index < -0.39 is 11.7 Å². The summed E-state index contributed by atoms with van der Waals surface area (Å²) >= 11 is 0. The van der Waals surface area contributed by atoms with Crippen molar-refractivity contribution >= 4 is 16.9 Å².